The number of alkyl halides is 1. The van der Waals surface area contributed by atoms with Crippen molar-refractivity contribution >= 4 is 33.5 Å². The molecule has 0 N–H and O–H groups in total. The number of aromatic nitrogens is 6. The predicted molar refractivity (Wildman–Crippen MR) is 230 cm³/mol. The first-order chi connectivity index (χ1) is 28.0. The zero-order valence-electron chi connectivity index (χ0n) is 32.1. The lowest BCUT2D eigenvalue weighted by atomic mass is 9.77. The number of hydrogen-bond donors (Lipinski definition) is 0. The van der Waals surface area contributed by atoms with E-state index in [1.54, 1.807) is 0 Å². The Morgan fingerprint density at radius 3 is 1.93 bits per heavy atom. The number of aryl methyl sites for hydroxylation is 1. The standard InChI is InChI=1S/C47H46BrClN6O2/c1-2-3-26-43-50-45(49)42(34-57-44(56)27-14-7-17-32-48)54(43)33-35-28-30-36(31-29-35)40-24-15-16-25-41(40)46-51-52-53-55(46)47(37-18-8-4-9-19-37,38-20-10-5-11-21-38)39-22-12-6-13-23-39/h4-6,8-13,15-16,18-25,28-31H,2-3,7,14,17,26-27,32-34H2,1H3. The van der Waals surface area contributed by atoms with Gasteiger partial charge in [0.05, 0.1) is 5.69 Å². The van der Waals surface area contributed by atoms with Crippen LogP contribution < -0.4 is 0 Å². The number of esters is 1. The second kappa shape index (κ2) is 19.2. The quantitative estimate of drug-likeness (QED) is 0.0370. The van der Waals surface area contributed by atoms with Gasteiger partial charge in [-0.25, -0.2) is 9.67 Å². The molecule has 57 heavy (non-hydrogen) atoms. The molecule has 5 aromatic carbocycles. The Hall–Kier alpha value is -5.38. The number of nitrogens with zero attached hydrogens (tertiary/aromatic N) is 6. The zero-order valence-corrected chi connectivity index (χ0v) is 34.4. The molecule has 0 bridgehead atoms. The van der Waals surface area contributed by atoms with Crippen molar-refractivity contribution in [2.45, 2.75) is 70.6 Å². The summed E-state index contributed by atoms with van der Waals surface area (Å²) in [4.78, 5) is 17.3. The van der Waals surface area contributed by atoms with Gasteiger partial charge in [-0.2, -0.15) is 0 Å². The normalized spacial score (nSPS) is 11.5. The molecule has 0 saturated carbocycles. The third-order valence-electron chi connectivity index (χ3n) is 10.4. The van der Waals surface area contributed by atoms with E-state index in [0.29, 0.717) is 23.9 Å². The van der Waals surface area contributed by atoms with Crippen LogP contribution in [-0.2, 0) is 34.6 Å². The summed E-state index contributed by atoms with van der Waals surface area (Å²) >= 11 is 10.2. The van der Waals surface area contributed by atoms with Gasteiger partial charge >= 0.3 is 5.97 Å². The number of benzene rings is 5. The maximum atomic E-state index is 12.6. The first-order valence-corrected chi connectivity index (χ1v) is 21.1. The predicted octanol–water partition coefficient (Wildman–Crippen LogP) is 11.1. The van der Waals surface area contributed by atoms with E-state index in [1.165, 1.54) is 0 Å². The number of rotatable bonds is 18. The molecule has 2 heterocycles. The fourth-order valence-electron chi connectivity index (χ4n) is 7.50. The highest BCUT2D eigenvalue weighted by atomic mass is 79.9. The topological polar surface area (TPSA) is 87.7 Å². The highest BCUT2D eigenvalue weighted by Gasteiger charge is 2.42. The Morgan fingerprint density at radius 1 is 0.737 bits per heavy atom. The number of tetrazole rings is 1. The van der Waals surface area contributed by atoms with E-state index >= 15 is 0 Å². The number of carbonyl (C=O) groups excluding carboxylic acids is 1. The van der Waals surface area contributed by atoms with Crippen LogP contribution in [0.15, 0.2) is 140 Å². The molecule has 7 rings (SSSR count). The Bertz CT molecular complexity index is 2250. The van der Waals surface area contributed by atoms with E-state index in [0.717, 1.165) is 94.3 Å². The first kappa shape index (κ1) is 39.8. The zero-order chi connectivity index (χ0) is 39.5. The van der Waals surface area contributed by atoms with Gasteiger partial charge in [0.15, 0.2) is 11.0 Å². The molecule has 2 aromatic heterocycles. The molecule has 7 aromatic rings. The molecule has 0 fully saturated rings. The van der Waals surface area contributed by atoms with Gasteiger partial charge in [-0.3, -0.25) is 4.79 Å². The van der Waals surface area contributed by atoms with E-state index in [4.69, 9.17) is 31.6 Å². The number of carbonyl (C=O) groups is 1. The molecule has 8 nitrogen and oxygen atoms in total. The van der Waals surface area contributed by atoms with Crippen molar-refractivity contribution in [2.75, 3.05) is 5.33 Å². The highest BCUT2D eigenvalue weighted by Crippen LogP contribution is 2.43. The van der Waals surface area contributed by atoms with Crippen molar-refractivity contribution in [1.29, 1.82) is 0 Å². The number of halogens is 2. The van der Waals surface area contributed by atoms with Crippen LogP contribution >= 0.6 is 27.5 Å². The van der Waals surface area contributed by atoms with Gasteiger partial charge in [-0.15, -0.1) is 5.10 Å². The van der Waals surface area contributed by atoms with Crippen molar-refractivity contribution in [3.05, 3.63) is 178 Å². The lowest BCUT2D eigenvalue weighted by Gasteiger charge is -2.36. The maximum absolute atomic E-state index is 12.6. The van der Waals surface area contributed by atoms with Gasteiger partial charge in [0.25, 0.3) is 0 Å². The smallest absolute Gasteiger partial charge is 0.306 e. The number of hydrogen-bond acceptors (Lipinski definition) is 6. The largest absolute Gasteiger partial charge is 0.459 e. The average molecular weight is 842 g/mol. The molecule has 0 aliphatic heterocycles. The third kappa shape index (κ3) is 8.80. The summed E-state index contributed by atoms with van der Waals surface area (Å²) in [5.74, 6) is 1.32. The van der Waals surface area contributed by atoms with Crippen molar-refractivity contribution in [3.63, 3.8) is 0 Å². The molecule has 0 radical (unpaired) electrons. The lowest BCUT2D eigenvalue weighted by molar-refractivity contribution is -0.145. The number of ether oxygens (including phenoxy) is 1. The fourth-order valence-corrected chi connectivity index (χ4v) is 8.16. The highest BCUT2D eigenvalue weighted by molar-refractivity contribution is 9.09. The number of unbranched alkanes of at least 4 members (excludes halogenated alkanes) is 3. The molecule has 0 atom stereocenters. The van der Waals surface area contributed by atoms with Gasteiger partial charge in [-0.1, -0.05) is 187 Å². The molecule has 0 aliphatic rings. The summed E-state index contributed by atoms with van der Waals surface area (Å²) in [6, 6.07) is 48.1. The Kier molecular flexibility index (Phi) is 13.4. The van der Waals surface area contributed by atoms with Gasteiger partial charge in [0, 0.05) is 30.3 Å². The summed E-state index contributed by atoms with van der Waals surface area (Å²) < 4.78 is 9.80. The molecule has 0 spiro atoms. The van der Waals surface area contributed by atoms with Crippen LogP contribution in [0.4, 0.5) is 0 Å². The summed E-state index contributed by atoms with van der Waals surface area (Å²) in [7, 11) is 0. The first-order valence-electron chi connectivity index (χ1n) is 19.6. The number of imidazole rings is 1. The van der Waals surface area contributed by atoms with Gasteiger partial charge < -0.3 is 9.30 Å². The van der Waals surface area contributed by atoms with Crippen LogP contribution in [0.3, 0.4) is 0 Å². The lowest BCUT2D eigenvalue weighted by Crippen LogP contribution is -2.39. The van der Waals surface area contributed by atoms with Crippen LogP contribution in [0, 0.1) is 0 Å². The fraction of sp³-hybridized carbons (Fsp3) is 0.255. The minimum Gasteiger partial charge on any atom is -0.459 e. The van der Waals surface area contributed by atoms with Crippen LogP contribution in [0.25, 0.3) is 22.5 Å². The summed E-state index contributed by atoms with van der Waals surface area (Å²) in [6.07, 6.45) is 6.01. The van der Waals surface area contributed by atoms with Crippen LogP contribution in [0.2, 0.25) is 5.15 Å². The Morgan fingerprint density at radius 2 is 1.33 bits per heavy atom. The van der Waals surface area contributed by atoms with Crippen molar-refractivity contribution in [2.24, 2.45) is 0 Å². The van der Waals surface area contributed by atoms with Crippen LogP contribution in [-0.4, -0.2) is 41.1 Å². The Labute approximate surface area is 348 Å². The summed E-state index contributed by atoms with van der Waals surface area (Å²) in [6.45, 7) is 2.80. The van der Waals surface area contributed by atoms with Crippen molar-refractivity contribution in [3.8, 4) is 22.5 Å². The van der Waals surface area contributed by atoms with E-state index in [2.05, 4.69) is 142 Å². The molecular formula is C47H46BrClN6O2. The molecule has 0 unspecified atom stereocenters. The summed E-state index contributed by atoms with van der Waals surface area (Å²) in [5, 5.41) is 15.2. The maximum Gasteiger partial charge on any atom is 0.306 e. The molecule has 0 amide bonds. The Balaban J connectivity index is 1.23. The third-order valence-corrected chi connectivity index (χ3v) is 11.2. The van der Waals surface area contributed by atoms with Gasteiger partial charge in [0.2, 0.25) is 0 Å². The molecule has 0 saturated heterocycles. The molecular weight excluding hydrogens is 796 g/mol. The minimum atomic E-state index is -0.874. The molecule has 0 aliphatic carbocycles. The second-order valence-electron chi connectivity index (χ2n) is 14.1. The SMILES string of the molecule is CCCCc1nc(Cl)c(COC(=O)CCCCCBr)n1Cc1ccc(-c2ccccc2-c2nnnn2C(c2ccccc2)(c2ccccc2)c2ccccc2)cc1. The van der Waals surface area contributed by atoms with Crippen molar-refractivity contribution in [1.82, 2.24) is 29.8 Å². The van der Waals surface area contributed by atoms with Crippen LogP contribution in [0.5, 0.6) is 0 Å². The van der Waals surface area contributed by atoms with E-state index < -0.39 is 5.54 Å². The molecule has 290 valence electrons. The van der Waals surface area contributed by atoms with E-state index in [1.807, 2.05) is 35.0 Å². The van der Waals surface area contributed by atoms with Crippen LogP contribution in [0.1, 0.15) is 79.2 Å². The van der Waals surface area contributed by atoms with Gasteiger partial charge in [-0.05, 0) is 63.1 Å². The minimum absolute atomic E-state index is 0.0891. The van der Waals surface area contributed by atoms with Crippen molar-refractivity contribution < 1.29 is 9.53 Å². The monoisotopic (exact) mass is 840 g/mol. The second-order valence-corrected chi connectivity index (χ2v) is 15.2. The summed E-state index contributed by atoms with van der Waals surface area (Å²) in [5.41, 5.74) is 6.96. The van der Waals surface area contributed by atoms with Gasteiger partial charge in [0.1, 0.15) is 18.0 Å². The van der Waals surface area contributed by atoms with E-state index in [-0.39, 0.29) is 12.6 Å². The molecule has 10 heteroatoms. The van der Waals surface area contributed by atoms with E-state index in [9.17, 15) is 4.79 Å². The average Bonchev–Trinajstić information content (AvgIpc) is 3.86.